The van der Waals surface area contributed by atoms with Crippen LogP contribution in [0.3, 0.4) is 0 Å². The minimum atomic E-state index is -0.233. The molecule has 3 aromatic rings. The first kappa shape index (κ1) is 17.3. The number of aromatic nitrogens is 3. The van der Waals surface area contributed by atoms with E-state index in [9.17, 15) is 4.39 Å². The third-order valence-electron chi connectivity index (χ3n) is 4.04. The van der Waals surface area contributed by atoms with Crippen LogP contribution in [0, 0.1) is 5.82 Å². The molecule has 0 aliphatic heterocycles. The Labute approximate surface area is 147 Å². The Kier molecular flexibility index (Phi) is 5.90. The van der Waals surface area contributed by atoms with Gasteiger partial charge in [0.05, 0.1) is 6.54 Å². The summed E-state index contributed by atoms with van der Waals surface area (Å²) in [4.78, 5) is 1.58. The summed E-state index contributed by atoms with van der Waals surface area (Å²) < 4.78 is 13.9. The summed E-state index contributed by atoms with van der Waals surface area (Å²) in [5, 5.41) is 12.6. The largest absolute Gasteiger partial charge is 0.311 e. The molecule has 0 saturated carbocycles. The van der Waals surface area contributed by atoms with Crippen molar-refractivity contribution in [3.05, 3.63) is 71.7 Å². The van der Waals surface area contributed by atoms with Gasteiger partial charge in [0.1, 0.15) is 17.2 Å². The molecule has 3 rings (SSSR count). The summed E-state index contributed by atoms with van der Waals surface area (Å²) in [5.41, 5.74) is 3.34. The van der Waals surface area contributed by atoms with Gasteiger partial charge in [-0.15, -0.1) is 0 Å². The first-order valence-corrected chi connectivity index (χ1v) is 8.71. The van der Waals surface area contributed by atoms with Gasteiger partial charge >= 0.3 is 0 Å². The van der Waals surface area contributed by atoms with E-state index in [4.69, 9.17) is 0 Å². The number of halogens is 1. The molecule has 0 spiro atoms. The molecule has 0 saturated heterocycles. The molecule has 0 amide bonds. The Morgan fingerprint density at radius 2 is 1.76 bits per heavy atom. The number of benzene rings is 2. The zero-order valence-corrected chi connectivity index (χ0v) is 14.5. The van der Waals surface area contributed by atoms with Gasteiger partial charge in [-0.05, 0) is 19.0 Å². The van der Waals surface area contributed by atoms with Gasteiger partial charge in [-0.3, -0.25) is 0 Å². The van der Waals surface area contributed by atoms with E-state index in [1.54, 1.807) is 16.9 Å². The van der Waals surface area contributed by atoms with Gasteiger partial charge in [0, 0.05) is 17.7 Å². The zero-order chi connectivity index (χ0) is 17.5. The first-order valence-electron chi connectivity index (χ1n) is 8.71. The molecule has 25 heavy (non-hydrogen) atoms. The molecule has 0 aliphatic carbocycles. The van der Waals surface area contributed by atoms with Crippen LogP contribution in [-0.2, 0) is 13.1 Å². The van der Waals surface area contributed by atoms with Gasteiger partial charge in [-0.2, -0.15) is 15.0 Å². The van der Waals surface area contributed by atoms with Crippen molar-refractivity contribution >= 4 is 0 Å². The topological polar surface area (TPSA) is 42.7 Å². The van der Waals surface area contributed by atoms with E-state index in [0.29, 0.717) is 18.7 Å². The second-order valence-corrected chi connectivity index (χ2v) is 6.01. The average molecular weight is 338 g/mol. The molecule has 0 unspecified atom stereocenters. The van der Waals surface area contributed by atoms with Crippen LogP contribution in [0.25, 0.3) is 11.3 Å². The predicted octanol–water partition coefficient (Wildman–Crippen LogP) is 4.02. The summed E-state index contributed by atoms with van der Waals surface area (Å²) in [6.45, 7) is 4.09. The number of nitrogens with one attached hydrogen (secondary N) is 1. The van der Waals surface area contributed by atoms with Gasteiger partial charge in [-0.25, -0.2) is 4.39 Å². The average Bonchev–Trinajstić information content (AvgIpc) is 3.04. The van der Waals surface area contributed by atoms with Crippen molar-refractivity contribution in [3.8, 4) is 11.3 Å². The van der Waals surface area contributed by atoms with Crippen LogP contribution < -0.4 is 5.32 Å². The molecule has 0 bridgehead atoms. The minimum Gasteiger partial charge on any atom is -0.311 e. The Morgan fingerprint density at radius 3 is 2.52 bits per heavy atom. The molecule has 1 aromatic heterocycles. The van der Waals surface area contributed by atoms with Crippen LogP contribution in [0.15, 0.2) is 54.6 Å². The molecule has 130 valence electrons. The van der Waals surface area contributed by atoms with Gasteiger partial charge in [0.2, 0.25) is 0 Å². The van der Waals surface area contributed by atoms with Crippen molar-refractivity contribution in [1.82, 2.24) is 20.3 Å². The molecular formula is C20H23FN4. The highest BCUT2D eigenvalue weighted by atomic mass is 19.1. The van der Waals surface area contributed by atoms with E-state index in [1.807, 2.05) is 36.4 Å². The van der Waals surface area contributed by atoms with Crippen molar-refractivity contribution in [3.63, 3.8) is 0 Å². The third-order valence-corrected chi connectivity index (χ3v) is 4.04. The van der Waals surface area contributed by atoms with Gasteiger partial charge in [0.25, 0.3) is 0 Å². The number of nitrogens with zero attached hydrogens (tertiary/aromatic N) is 3. The minimum absolute atomic E-state index is 0.233. The standard InChI is InChI=1S/C20H23FN4/c1-2-3-13-22-14-19-20(16-9-5-4-6-10-16)24-25(23-19)15-17-11-7-8-12-18(17)21/h4-12,22H,2-3,13-15H2,1H3. The lowest BCUT2D eigenvalue weighted by molar-refractivity contribution is 0.542. The maximum atomic E-state index is 13.9. The van der Waals surface area contributed by atoms with Crippen molar-refractivity contribution < 1.29 is 4.39 Å². The lowest BCUT2D eigenvalue weighted by atomic mass is 10.1. The molecule has 2 aromatic carbocycles. The lowest BCUT2D eigenvalue weighted by Crippen LogP contribution is -2.15. The summed E-state index contributed by atoms with van der Waals surface area (Å²) in [6, 6.07) is 16.7. The zero-order valence-electron chi connectivity index (χ0n) is 14.5. The van der Waals surface area contributed by atoms with Crippen molar-refractivity contribution in [2.75, 3.05) is 6.54 Å². The van der Waals surface area contributed by atoms with Gasteiger partial charge in [0.15, 0.2) is 0 Å². The Hall–Kier alpha value is -2.53. The first-order chi connectivity index (χ1) is 12.3. The van der Waals surface area contributed by atoms with E-state index in [-0.39, 0.29) is 5.82 Å². The molecule has 1 N–H and O–H groups in total. The predicted molar refractivity (Wildman–Crippen MR) is 97.6 cm³/mol. The second kappa shape index (κ2) is 8.53. The number of unbranched alkanes of at least 4 members (excludes halogenated alkanes) is 1. The molecule has 5 heteroatoms. The van der Waals surface area contributed by atoms with E-state index < -0.39 is 0 Å². The smallest absolute Gasteiger partial charge is 0.128 e. The van der Waals surface area contributed by atoms with E-state index in [1.165, 1.54) is 6.07 Å². The van der Waals surface area contributed by atoms with Crippen LogP contribution in [0.1, 0.15) is 31.0 Å². The summed E-state index contributed by atoms with van der Waals surface area (Å²) in [6.07, 6.45) is 2.28. The van der Waals surface area contributed by atoms with Crippen LogP contribution in [-0.4, -0.2) is 21.5 Å². The highest BCUT2D eigenvalue weighted by Gasteiger charge is 2.14. The Balaban J connectivity index is 1.84. The monoisotopic (exact) mass is 338 g/mol. The molecule has 0 fully saturated rings. The van der Waals surface area contributed by atoms with Crippen molar-refractivity contribution in [2.45, 2.75) is 32.9 Å². The fourth-order valence-electron chi connectivity index (χ4n) is 2.68. The lowest BCUT2D eigenvalue weighted by Gasteiger charge is -2.03. The Morgan fingerprint density at radius 1 is 1.00 bits per heavy atom. The molecule has 0 atom stereocenters. The summed E-state index contributed by atoms with van der Waals surface area (Å²) in [5.74, 6) is -0.233. The molecule has 4 nitrogen and oxygen atoms in total. The number of hydrogen-bond acceptors (Lipinski definition) is 3. The third kappa shape index (κ3) is 4.51. The molecule has 1 heterocycles. The summed E-state index contributed by atoms with van der Waals surface area (Å²) in [7, 11) is 0. The van der Waals surface area contributed by atoms with E-state index in [0.717, 1.165) is 36.3 Å². The SMILES string of the molecule is CCCCNCc1nn(Cc2ccccc2F)nc1-c1ccccc1. The summed E-state index contributed by atoms with van der Waals surface area (Å²) >= 11 is 0. The Bertz CT molecular complexity index is 798. The van der Waals surface area contributed by atoms with Gasteiger partial charge in [-0.1, -0.05) is 61.9 Å². The highest BCUT2D eigenvalue weighted by molar-refractivity contribution is 5.60. The van der Waals surface area contributed by atoms with Crippen LogP contribution in [0.5, 0.6) is 0 Å². The van der Waals surface area contributed by atoms with Crippen LogP contribution in [0.4, 0.5) is 4.39 Å². The number of hydrogen-bond donors (Lipinski definition) is 1. The quantitative estimate of drug-likeness (QED) is 0.631. The molecule has 0 radical (unpaired) electrons. The maximum absolute atomic E-state index is 13.9. The number of rotatable bonds is 8. The normalized spacial score (nSPS) is 11.0. The van der Waals surface area contributed by atoms with Crippen LogP contribution in [0.2, 0.25) is 0 Å². The highest BCUT2D eigenvalue weighted by Crippen LogP contribution is 2.20. The fraction of sp³-hybridized carbons (Fsp3) is 0.300. The molecule has 0 aliphatic rings. The van der Waals surface area contributed by atoms with Gasteiger partial charge < -0.3 is 5.32 Å². The van der Waals surface area contributed by atoms with Crippen LogP contribution >= 0.6 is 0 Å². The fourth-order valence-corrected chi connectivity index (χ4v) is 2.68. The second-order valence-electron chi connectivity index (χ2n) is 6.01. The maximum Gasteiger partial charge on any atom is 0.128 e. The van der Waals surface area contributed by atoms with E-state index >= 15 is 0 Å². The van der Waals surface area contributed by atoms with Crippen molar-refractivity contribution in [1.29, 1.82) is 0 Å². The van der Waals surface area contributed by atoms with Crippen molar-refractivity contribution in [2.24, 2.45) is 0 Å². The molecular weight excluding hydrogens is 315 g/mol. The van der Waals surface area contributed by atoms with E-state index in [2.05, 4.69) is 22.4 Å².